The second-order valence-electron chi connectivity index (χ2n) is 5.61. The van der Waals surface area contributed by atoms with Crippen LogP contribution in [-0.4, -0.2) is 44.0 Å². The highest BCUT2D eigenvalue weighted by Crippen LogP contribution is 2.28. The SMILES string of the molecule is CCC(N)C(c1cccc(Cl)c1)N1CCCS(=O)(=O)CC1. The predicted molar refractivity (Wildman–Crippen MR) is 87.3 cm³/mol. The molecule has 1 fully saturated rings. The first-order valence-electron chi connectivity index (χ1n) is 7.38. The summed E-state index contributed by atoms with van der Waals surface area (Å²) in [7, 11) is -2.92. The van der Waals surface area contributed by atoms with Crippen LogP contribution in [0.25, 0.3) is 0 Å². The quantitative estimate of drug-likeness (QED) is 0.919. The Morgan fingerprint density at radius 1 is 1.33 bits per heavy atom. The first-order valence-corrected chi connectivity index (χ1v) is 9.58. The minimum absolute atomic E-state index is 0.0157. The highest BCUT2D eigenvalue weighted by atomic mass is 35.5. The topological polar surface area (TPSA) is 63.4 Å². The number of hydrogen-bond acceptors (Lipinski definition) is 4. The molecule has 1 aliphatic rings. The zero-order valence-corrected chi connectivity index (χ0v) is 13.9. The first kappa shape index (κ1) is 16.7. The van der Waals surface area contributed by atoms with Gasteiger partial charge in [-0.25, -0.2) is 8.42 Å². The van der Waals surface area contributed by atoms with Crippen LogP contribution in [0.3, 0.4) is 0 Å². The molecule has 1 saturated heterocycles. The van der Waals surface area contributed by atoms with Crippen molar-refractivity contribution < 1.29 is 8.42 Å². The Labute approximate surface area is 132 Å². The highest BCUT2D eigenvalue weighted by Gasteiger charge is 2.29. The molecular formula is C15H23ClN2O2S. The van der Waals surface area contributed by atoms with Gasteiger partial charge in [-0.2, -0.15) is 0 Å². The average Bonchev–Trinajstić information content (AvgIpc) is 2.60. The van der Waals surface area contributed by atoms with Gasteiger partial charge in [0.15, 0.2) is 9.84 Å². The normalized spacial score (nSPS) is 22.4. The van der Waals surface area contributed by atoms with Crippen LogP contribution in [0.4, 0.5) is 0 Å². The minimum atomic E-state index is -2.92. The molecule has 0 bridgehead atoms. The van der Waals surface area contributed by atoms with Crippen LogP contribution in [0.1, 0.15) is 31.4 Å². The molecule has 1 aromatic carbocycles. The van der Waals surface area contributed by atoms with Gasteiger partial charge in [-0.1, -0.05) is 30.7 Å². The minimum Gasteiger partial charge on any atom is -0.326 e. The van der Waals surface area contributed by atoms with E-state index < -0.39 is 9.84 Å². The van der Waals surface area contributed by atoms with Gasteiger partial charge in [0.2, 0.25) is 0 Å². The lowest BCUT2D eigenvalue weighted by atomic mass is 9.96. The monoisotopic (exact) mass is 330 g/mol. The average molecular weight is 331 g/mol. The van der Waals surface area contributed by atoms with Crippen molar-refractivity contribution in [3.8, 4) is 0 Å². The maximum atomic E-state index is 11.8. The van der Waals surface area contributed by atoms with E-state index in [0.29, 0.717) is 18.0 Å². The third kappa shape index (κ3) is 4.42. The van der Waals surface area contributed by atoms with Gasteiger partial charge in [0, 0.05) is 23.7 Å². The second kappa shape index (κ2) is 7.09. The number of halogens is 1. The smallest absolute Gasteiger partial charge is 0.151 e. The fourth-order valence-electron chi connectivity index (χ4n) is 2.88. The van der Waals surface area contributed by atoms with Crippen molar-refractivity contribution in [1.29, 1.82) is 0 Å². The van der Waals surface area contributed by atoms with E-state index in [2.05, 4.69) is 11.8 Å². The maximum absolute atomic E-state index is 11.8. The van der Waals surface area contributed by atoms with E-state index in [1.165, 1.54) is 0 Å². The zero-order valence-electron chi connectivity index (χ0n) is 12.3. The fourth-order valence-corrected chi connectivity index (χ4v) is 4.36. The van der Waals surface area contributed by atoms with Crippen LogP contribution in [0.5, 0.6) is 0 Å². The Balaban J connectivity index is 2.28. The van der Waals surface area contributed by atoms with Gasteiger partial charge in [0.1, 0.15) is 0 Å². The van der Waals surface area contributed by atoms with Gasteiger partial charge in [-0.15, -0.1) is 0 Å². The lowest BCUT2D eigenvalue weighted by Crippen LogP contribution is -2.42. The molecule has 21 heavy (non-hydrogen) atoms. The Morgan fingerprint density at radius 3 is 2.76 bits per heavy atom. The summed E-state index contributed by atoms with van der Waals surface area (Å²) in [6.07, 6.45) is 1.50. The van der Waals surface area contributed by atoms with Crippen molar-refractivity contribution in [3.63, 3.8) is 0 Å². The molecule has 0 amide bonds. The highest BCUT2D eigenvalue weighted by molar-refractivity contribution is 7.91. The molecule has 0 spiro atoms. The molecule has 0 radical (unpaired) electrons. The van der Waals surface area contributed by atoms with E-state index in [1.54, 1.807) is 0 Å². The largest absolute Gasteiger partial charge is 0.326 e. The van der Waals surface area contributed by atoms with Gasteiger partial charge >= 0.3 is 0 Å². The molecule has 0 aromatic heterocycles. The van der Waals surface area contributed by atoms with Crippen molar-refractivity contribution in [2.24, 2.45) is 5.73 Å². The number of nitrogens with two attached hydrogens (primary N) is 1. The summed E-state index contributed by atoms with van der Waals surface area (Å²) in [5.41, 5.74) is 7.38. The molecule has 2 N–H and O–H groups in total. The van der Waals surface area contributed by atoms with Crippen LogP contribution < -0.4 is 5.73 Å². The summed E-state index contributed by atoms with van der Waals surface area (Å²) in [4.78, 5) is 2.20. The lowest BCUT2D eigenvalue weighted by molar-refractivity contribution is 0.182. The summed E-state index contributed by atoms with van der Waals surface area (Å²) < 4.78 is 23.6. The molecule has 6 heteroatoms. The van der Waals surface area contributed by atoms with Gasteiger partial charge in [0.25, 0.3) is 0 Å². The standard InChI is InChI=1S/C15H23ClN2O2S/c1-2-14(17)15(12-5-3-6-13(16)11-12)18-7-4-9-21(19,20)10-8-18/h3,5-6,11,14-15H,2,4,7-10,17H2,1H3. The molecule has 2 rings (SSSR count). The van der Waals surface area contributed by atoms with Crippen LogP contribution in [-0.2, 0) is 9.84 Å². The third-order valence-electron chi connectivity index (χ3n) is 4.05. The third-order valence-corrected chi connectivity index (χ3v) is 6.00. The molecule has 0 aliphatic carbocycles. The maximum Gasteiger partial charge on any atom is 0.151 e. The van der Waals surface area contributed by atoms with Crippen molar-refractivity contribution in [2.45, 2.75) is 31.8 Å². The molecule has 1 aromatic rings. The second-order valence-corrected chi connectivity index (χ2v) is 8.35. The molecular weight excluding hydrogens is 308 g/mol. The van der Waals surface area contributed by atoms with E-state index >= 15 is 0 Å². The summed E-state index contributed by atoms with van der Waals surface area (Å²) in [5, 5.41) is 0.684. The zero-order chi connectivity index (χ0) is 15.5. The molecule has 2 atom stereocenters. The number of hydrogen-bond donors (Lipinski definition) is 1. The Hall–Kier alpha value is -0.620. The van der Waals surface area contributed by atoms with Crippen molar-refractivity contribution in [3.05, 3.63) is 34.9 Å². The van der Waals surface area contributed by atoms with Crippen LogP contribution in [0, 0.1) is 0 Å². The summed E-state index contributed by atoms with van der Waals surface area (Å²) in [6.45, 7) is 3.34. The van der Waals surface area contributed by atoms with E-state index in [0.717, 1.165) is 18.5 Å². The van der Waals surface area contributed by atoms with Gasteiger partial charge < -0.3 is 5.73 Å². The fraction of sp³-hybridized carbons (Fsp3) is 0.600. The van der Waals surface area contributed by atoms with Gasteiger partial charge in [0.05, 0.1) is 11.5 Å². The lowest BCUT2D eigenvalue weighted by Gasteiger charge is -2.34. The van der Waals surface area contributed by atoms with Crippen molar-refractivity contribution >= 4 is 21.4 Å². The number of rotatable bonds is 4. The Morgan fingerprint density at radius 2 is 2.10 bits per heavy atom. The van der Waals surface area contributed by atoms with Crippen LogP contribution in [0.2, 0.25) is 5.02 Å². The molecule has 1 heterocycles. The van der Waals surface area contributed by atoms with Crippen LogP contribution >= 0.6 is 11.6 Å². The molecule has 1 aliphatic heterocycles. The molecule has 4 nitrogen and oxygen atoms in total. The summed E-state index contributed by atoms with van der Waals surface area (Å²) in [6, 6.07) is 7.69. The summed E-state index contributed by atoms with van der Waals surface area (Å²) >= 11 is 6.10. The first-order chi connectivity index (χ1) is 9.93. The number of benzene rings is 1. The Bertz CT molecular complexity index is 577. The van der Waals surface area contributed by atoms with Gasteiger partial charge in [-0.05, 0) is 37.1 Å². The molecule has 2 unspecified atom stereocenters. The van der Waals surface area contributed by atoms with Crippen LogP contribution in [0.15, 0.2) is 24.3 Å². The van der Waals surface area contributed by atoms with E-state index in [9.17, 15) is 8.42 Å². The molecule has 118 valence electrons. The van der Waals surface area contributed by atoms with E-state index in [1.807, 2.05) is 24.3 Å². The number of nitrogens with zero attached hydrogens (tertiary/aromatic N) is 1. The van der Waals surface area contributed by atoms with Gasteiger partial charge in [-0.3, -0.25) is 4.90 Å². The van der Waals surface area contributed by atoms with E-state index in [-0.39, 0.29) is 23.6 Å². The number of sulfone groups is 1. The van der Waals surface area contributed by atoms with Crippen molar-refractivity contribution in [1.82, 2.24) is 4.90 Å². The summed E-state index contributed by atoms with van der Waals surface area (Å²) in [5.74, 6) is 0.480. The van der Waals surface area contributed by atoms with E-state index in [4.69, 9.17) is 17.3 Å². The Kier molecular flexibility index (Phi) is 5.66. The molecule has 0 saturated carbocycles. The predicted octanol–water partition coefficient (Wildman–Crippen LogP) is 2.24. The van der Waals surface area contributed by atoms with Crippen molar-refractivity contribution in [2.75, 3.05) is 24.6 Å².